The lowest BCUT2D eigenvalue weighted by molar-refractivity contribution is 0.532. The van der Waals surface area contributed by atoms with E-state index in [1.165, 1.54) is 16.9 Å². The minimum atomic E-state index is -3.50. The summed E-state index contributed by atoms with van der Waals surface area (Å²) in [4.78, 5) is 0. The van der Waals surface area contributed by atoms with Crippen LogP contribution in [-0.4, -0.2) is 30.8 Å². The standard InChI is InChI=1S/C8H16N4O2S.ClH/c1-3-12-8(4-5-10-12)15(13,14)11-7(2)6-9;/h4-5,7,11H,3,6,9H2,1-2H3;1H/t7-;/m1./s1. The molecule has 0 bridgehead atoms. The zero-order valence-electron chi connectivity index (χ0n) is 9.25. The third-order valence-corrected chi connectivity index (χ3v) is 3.57. The Morgan fingerprint density at radius 3 is 2.75 bits per heavy atom. The average molecular weight is 269 g/mol. The first-order chi connectivity index (χ1) is 7.01. The summed E-state index contributed by atoms with van der Waals surface area (Å²) in [5.74, 6) is 0. The van der Waals surface area contributed by atoms with Gasteiger partial charge in [0.25, 0.3) is 10.0 Å². The van der Waals surface area contributed by atoms with Gasteiger partial charge >= 0.3 is 0 Å². The fourth-order valence-electron chi connectivity index (χ4n) is 1.16. The molecule has 1 rings (SSSR count). The molecule has 0 spiro atoms. The van der Waals surface area contributed by atoms with Crippen molar-refractivity contribution in [2.24, 2.45) is 5.73 Å². The van der Waals surface area contributed by atoms with Gasteiger partial charge in [0.2, 0.25) is 0 Å². The Morgan fingerprint density at radius 1 is 1.62 bits per heavy atom. The molecule has 0 radical (unpaired) electrons. The smallest absolute Gasteiger partial charge is 0.257 e. The summed E-state index contributed by atoms with van der Waals surface area (Å²) < 4.78 is 27.5. The maximum Gasteiger partial charge on any atom is 0.257 e. The van der Waals surface area contributed by atoms with Crippen LogP contribution in [0.1, 0.15) is 13.8 Å². The molecule has 1 atom stereocenters. The number of halogens is 1. The molecule has 0 aromatic carbocycles. The first kappa shape index (κ1) is 15.4. The first-order valence-electron chi connectivity index (χ1n) is 4.75. The molecule has 0 aliphatic heterocycles. The van der Waals surface area contributed by atoms with Crippen molar-refractivity contribution in [1.82, 2.24) is 14.5 Å². The topological polar surface area (TPSA) is 90.0 Å². The quantitative estimate of drug-likeness (QED) is 0.784. The SMILES string of the molecule is CCn1nccc1S(=O)(=O)N[C@H](C)CN.Cl. The fraction of sp³-hybridized carbons (Fsp3) is 0.625. The van der Waals surface area contributed by atoms with Crippen molar-refractivity contribution in [2.45, 2.75) is 31.5 Å². The Kier molecular flexibility index (Phi) is 5.95. The number of nitrogens with two attached hydrogens (primary N) is 1. The summed E-state index contributed by atoms with van der Waals surface area (Å²) >= 11 is 0. The van der Waals surface area contributed by atoms with Gasteiger partial charge in [-0.3, -0.25) is 4.68 Å². The third kappa shape index (κ3) is 3.44. The lowest BCUT2D eigenvalue weighted by atomic mass is 10.4. The van der Waals surface area contributed by atoms with Crippen molar-refractivity contribution < 1.29 is 8.42 Å². The van der Waals surface area contributed by atoms with Gasteiger partial charge in [-0.1, -0.05) is 0 Å². The van der Waals surface area contributed by atoms with E-state index in [0.29, 0.717) is 6.54 Å². The highest BCUT2D eigenvalue weighted by molar-refractivity contribution is 7.89. The van der Waals surface area contributed by atoms with Gasteiger partial charge in [0, 0.05) is 19.1 Å². The Balaban J connectivity index is 0.00000225. The summed E-state index contributed by atoms with van der Waals surface area (Å²) in [5.41, 5.74) is 5.35. The van der Waals surface area contributed by atoms with E-state index in [4.69, 9.17) is 5.73 Å². The van der Waals surface area contributed by atoms with Crippen LogP contribution in [0.2, 0.25) is 0 Å². The van der Waals surface area contributed by atoms with E-state index in [1.54, 1.807) is 6.92 Å². The molecule has 0 unspecified atom stereocenters. The highest BCUT2D eigenvalue weighted by Crippen LogP contribution is 2.07. The zero-order chi connectivity index (χ0) is 11.5. The molecule has 0 saturated carbocycles. The van der Waals surface area contributed by atoms with Gasteiger partial charge in [-0.25, -0.2) is 13.1 Å². The number of aromatic nitrogens is 2. The van der Waals surface area contributed by atoms with E-state index in [9.17, 15) is 8.42 Å². The molecule has 8 heteroatoms. The molecular formula is C8H17ClN4O2S. The summed E-state index contributed by atoms with van der Waals surface area (Å²) in [7, 11) is -3.50. The Bertz CT molecular complexity index is 417. The van der Waals surface area contributed by atoms with E-state index in [2.05, 4.69) is 9.82 Å². The van der Waals surface area contributed by atoms with Crippen LogP contribution in [0, 0.1) is 0 Å². The van der Waals surface area contributed by atoms with Crippen molar-refractivity contribution in [3.8, 4) is 0 Å². The molecule has 0 aliphatic rings. The van der Waals surface area contributed by atoms with Crippen LogP contribution < -0.4 is 10.5 Å². The first-order valence-corrected chi connectivity index (χ1v) is 6.23. The molecule has 1 aromatic rings. The maximum absolute atomic E-state index is 11.8. The Hall–Kier alpha value is -0.630. The second-order valence-corrected chi connectivity index (χ2v) is 4.90. The largest absolute Gasteiger partial charge is 0.329 e. The van der Waals surface area contributed by atoms with Crippen LogP contribution in [0.5, 0.6) is 0 Å². The third-order valence-electron chi connectivity index (χ3n) is 1.96. The molecule has 16 heavy (non-hydrogen) atoms. The molecule has 6 nitrogen and oxygen atoms in total. The highest BCUT2D eigenvalue weighted by atomic mass is 35.5. The zero-order valence-corrected chi connectivity index (χ0v) is 10.9. The monoisotopic (exact) mass is 268 g/mol. The molecule has 1 heterocycles. The van der Waals surface area contributed by atoms with Gasteiger partial charge in [-0.2, -0.15) is 5.10 Å². The molecule has 0 aliphatic carbocycles. The lowest BCUT2D eigenvalue weighted by Crippen LogP contribution is -2.38. The van der Waals surface area contributed by atoms with Crippen molar-refractivity contribution >= 4 is 22.4 Å². The van der Waals surface area contributed by atoms with Crippen molar-refractivity contribution in [3.63, 3.8) is 0 Å². The second kappa shape index (κ2) is 6.19. The van der Waals surface area contributed by atoms with Crippen LogP contribution in [-0.2, 0) is 16.6 Å². The minimum absolute atomic E-state index is 0. The van der Waals surface area contributed by atoms with Gasteiger partial charge in [0.1, 0.15) is 0 Å². The van der Waals surface area contributed by atoms with Gasteiger partial charge in [0.15, 0.2) is 5.03 Å². The average Bonchev–Trinajstić information content (AvgIpc) is 2.65. The second-order valence-electron chi connectivity index (χ2n) is 3.24. The van der Waals surface area contributed by atoms with E-state index in [0.717, 1.165) is 0 Å². The molecule has 94 valence electrons. The van der Waals surface area contributed by atoms with E-state index >= 15 is 0 Å². The van der Waals surface area contributed by atoms with Gasteiger partial charge in [-0.15, -0.1) is 12.4 Å². The number of hydrogen-bond donors (Lipinski definition) is 2. The summed E-state index contributed by atoms with van der Waals surface area (Å²) in [6.45, 7) is 4.32. The predicted octanol–water partition coefficient (Wildman–Crippen LogP) is -0.0497. The lowest BCUT2D eigenvalue weighted by Gasteiger charge is -2.12. The van der Waals surface area contributed by atoms with Crippen LogP contribution in [0.25, 0.3) is 0 Å². The van der Waals surface area contributed by atoms with Crippen LogP contribution >= 0.6 is 12.4 Å². The van der Waals surface area contributed by atoms with Crippen molar-refractivity contribution in [3.05, 3.63) is 12.3 Å². The Labute approximate surface area is 102 Å². The van der Waals surface area contributed by atoms with Gasteiger partial charge < -0.3 is 5.73 Å². The number of aryl methyl sites for hydroxylation is 1. The summed E-state index contributed by atoms with van der Waals surface area (Å²) in [5, 5.41) is 4.07. The molecule has 0 saturated heterocycles. The molecule has 0 amide bonds. The highest BCUT2D eigenvalue weighted by Gasteiger charge is 2.20. The number of nitrogens with zero attached hydrogens (tertiary/aromatic N) is 2. The van der Waals surface area contributed by atoms with Crippen LogP contribution in [0.3, 0.4) is 0 Å². The Morgan fingerprint density at radius 2 is 2.25 bits per heavy atom. The van der Waals surface area contributed by atoms with Crippen LogP contribution in [0.15, 0.2) is 17.3 Å². The fourth-order valence-corrected chi connectivity index (χ4v) is 2.60. The number of nitrogens with one attached hydrogen (secondary N) is 1. The number of hydrogen-bond acceptors (Lipinski definition) is 4. The molecular weight excluding hydrogens is 252 g/mol. The molecule has 3 N–H and O–H groups in total. The predicted molar refractivity (Wildman–Crippen MR) is 64.0 cm³/mol. The molecule has 0 fully saturated rings. The summed E-state index contributed by atoms with van der Waals surface area (Å²) in [6, 6.07) is 1.19. The van der Waals surface area contributed by atoms with Gasteiger partial charge in [0.05, 0.1) is 6.20 Å². The van der Waals surface area contributed by atoms with Crippen LogP contribution in [0.4, 0.5) is 0 Å². The van der Waals surface area contributed by atoms with E-state index in [1.807, 2.05) is 6.92 Å². The van der Waals surface area contributed by atoms with Gasteiger partial charge in [-0.05, 0) is 19.9 Å². The summed E-state index contributed by atoms with van der Waals surface area (Å²) in [6.07, 6.45) is 1.46. The van der Waals surface area contributed by atoms with Crippen molar-refractivity contribution in [2.75, 3.05) is 6.54 Å². The number of rotatable bonds is 5. The number of sulfonamides is 1. The van der Waals surface area contributed by atoms with Crippen molar-refractivity contribution in [1.29, 1.82) is 0 Å². The minimum Gasteiger partial charge on any atom is -0.329 e. The normalized spacial score (nSPS) is 13.2. The van der Waals surface area contributed by atoms with E-state index in [-0.39, 0.29) is 30.0 Å². The molecule has 1 aromatic heterocycles. The van der Waals surface area contributed by atoms with E-state index < -0.39 is 10.0 Å². The maximum atomic E-state index is 11.8.